The normalized spacial score (nSPS) is 19.3. The van der Waals surface area contributed by atoms with Gasteiger partial charge in [-0.05, 0) is 152 Å². The summed E-state index contributed by atoms with van der Waals surface area (Å²) in [6, 6.07) is 47.0. The zero-order chi connectivity index (χ0) is 56.3. The van der Waals surface area contributed by atoms with Crippen molar-refractivity contribution in [3.8, 4) is 11.1 Å². The lowest BCUT2D eigenvalue weighted by atomic mass is 9.31. The van der Waals surface area contributed by atoms with E-state index in [1.165, 1.54) is 94.2 Å². The van der Waals surface area contributed by atoms with Crippen LogP contribution in [-0.4, -0.2) is 11.3 Å². The number of furan rings is 1. The first-order chi connectivity index (χ1) is 38.5. The molecule has 406 valence electrons. The highest BCUT2D eigenvalue weighted by molar-refractivity contribution is 6.90. The third-order valence-corrected chi connectivity index (χ3v) is 19.4. The van der Waals surface area contributed by atoms with Crippen LogP contribution in [0.4, 0.5) is 17.1 Å². The van der Waals surface area contributed by atoms with Gasteiger partial charge in [-0.2, -0.15) is 0 Å². The third-order valence-electron chi connectivity index (χ3n) is 19.4. The molecule has 1 unspecified atom stereocenters. The van der Waals surface area contributed by atoms with Gasteiger partial charge in [-0.25, -0.2) is 0 Å². The molecule has 5 heteroatoms. The second-order valence-electron chi connectivity index (χ2n) is 28.7. The highest BCUT2D eigenvalue weighted by Crippen LogP contribution is 2.53. The van der Waals surface area contributed by atoms with Crippen molar-refractivity contribution in [2.24, 2.45) is 5.41 Å². The fraction of sp³-hybridized carbons (Fsp3) is 0.316. The van der Waals surface area contributed by atoms with Crippen molar-refractivity contribution >= 4 is 74.2 Å². The molecule has 0 spiro atoms. The summed E-state index contributed by atoms with van der Waals surface area (Å²) in [6.45, 7) is 31.2. The van der Waals surface area contributed by atoms with Gasteiger partial charge in [0.2, 0.25) is 0 Å². The van der Waals surface area contributed by atoms with Crippen LogP contribution in [0.1, 0.15) is 150 Å². The molecule has 0 saturated heterocycles. The number of hydrogen-bond acceptors (Lipinski definition) is 3. The first kappa shape index (κ1) is 51.6. The lowest BCUT2D eigenvalue weighted by molar-refractivity contribution is 0.332. The lowest BCUT2D eigenvalue weighted by Crippen LogP contribution is -2.51. The molecule has 6 aliphatic rings. The average Bonchev–Trinajstić information content (AvgIpc) is 3.37. The first-order valence-electron chi connectivity index (χ1n) is 30.0. The van der Waals surface area contributed by atoms with Crippen molar-refractivity contribution in [2.75, 3.05) is 9.80 Å². The van der Waals surface area contributed by atoms with Crippen molar-refractivity contribution in [1.29, 1.82) is 0 Å². The molecule has 81 heavy (non-hydrogen) atoms. The van der Waals surface area contributed by atoms with Gasteiger partial charge in [0, 0.05) is 78.4 Å². The van der Waals surface area contributed by atoms with Crippen molar-refractivity contribution in [3.63, 3.8) is 0 Å². The molecular weight excluding hydrogens is 982 g/mol. The van der Waals surface area contributed by atoms with Gasteiger partial charge in [0.1, 0.15) is 11.2 Å². The Morgan fingerprint density at radius 1 is 0.605 bits per heavy atom. The van der Waals surface area contributed by atoms with E-state index in [-0.39, 0.29) is 39.8 Å². The number of hydrogen-bond donors (Lipinski definition) is 0. The predicted molar refractivity (Wildman–Crippen MR) is 346 cm³/mol. The van der Waals surface area contributed by atoms with Crippen LogP contribution in [0.3, 0.4) is 0 Å². The number of para-hydroxylation sites is 2. The summed E-state index contributed by atoms with van der Waals surface area (Å²) in [5.74, 6) is 0. The number of anilines is 3. The molecule has 0 bridgehead atoms. The summed E-state index contributed by atoms with van der Waals surface area (Å²) in [5, 5.41) is 6.29. The largest absolute Gasteiger partial charge is 0.455 e. The number of allylic oxidation sites excluding steroid dienone is 10. The summed E-state index contributed by atoms with van der Waals surface area (Å²) in [4.78, 5) is 5.38. The molecule has 4 nitrogen and oxygen atoms in total. The Morgan fingerprint density at radius 2 is 1.28 bits per heavy atom. The smallest absolute Gasteiger partial charge is 0.251 e. The SMILES string of the molecule is CC(C)(C)C1=CC2=C3B(C4=C(CC=c5c(c6cc(C(C)(C)C)ccc6n5C5C=CC=CC5)=C4)N(c4ccc(C(C)(C)C)cc4)C3=CC1)c1cc3c(cc1N2c1ccc(-c2cccc4c2oc2ccccc24)cc1)C(C)(C)CCC3(C)C. The number of fused-ring (bicyclic) bond motifs is 10. The Morgan fingerprint density at radius 3 is 1.99 bits per heavy atom. The maximum Gasteiger partial charge on any atom is 0.251 e. The zero-order valence-electron chi connectivity index (χ0n) is 50.1. The van der Waals surface area contributed by atoms with Crippen molar-refractivity contribution in [2.45, 2.75) is 150 Å². The third kappa shape index (κ3) is 8.21. The van der Waals surface area contributed by atoms with E-state index in [0.29, 0.717) is 0 Å². The Hall–Kier alpha value is -7.50. The molecule has 2 aromatic heterocycles. The number of rotatable bonds is 4. The summed E-state index contributed by atoms with van der Waals surface area (Å²) < 4.78 is 9.33. The van der Waals surface area contributed by atoms with Gasteiger partial charge in [0.15, 0.2) is 0 Å². The minimum atomic E-state index is -0.0928. The van der Waals surface area contributed by atoms with Crippen LogP contribution in [0.5, 0.6) is 0 Å². The summed E-state index contributed by atoms with van der Waals surface area (Å²) in [5.41, 5.74) is 24.1. The maximum atomic E-state index is 6.66. The Bertz CT molecular complexity index is 4310. The number of nitrogens with zero attached hydrogens (tertiary/aromatic N) is 3. The topological polar surface area (TPSA) is 24.6 Å². The van der Waals surface area contributed by atoms with Crippen molar-refractivity contribution in [1.82, 2.24) is 4.57 Å². The molecule has 0 radical (unpaired) electrons. The molecule has 4 heterocycles. The summed E-state index contributed by atoms with van der Waals surface area (Å²) in [6.07, 6.45) is 24.6. The van der Waals surface area contributed by atoms with Crippen molar-refractivity contribution in [3.05, 3.63) is 224 Å². The Labute approximate surface area is 481 Å². The van der Waals surface area contributed by atoms with Gasteiger partial charge in [-0.3, -0.25) is 0 Å². The van der Waals surface area contributed by atoms with E-state index < -0.39 is 0 Å². The molecule has 1 atom stereocenters. The van der Waals surface area contributed by atoms with Crippen LogP contribution in [0, 0.1) is 5.41 Å². The van der Waals surface area contributed by atoms with E-state index in [0.717, 1.165) is 70.9 Å². The highest BCUT2D eigenvalue weighted by Gasteiger charge is 2.49. The van der Waals surface area contributed by atoms with Crippen LogP contribution < -0.4 is 25.8 Å². The molecule has 4 aliphatic carbocycles. The van der Waals surface area contributed by atoms with Gasteiger partial charge < -0.3 is 18.8 Å². The minimum absolute atomic E-state index is 0.000307. The van der Waals surface area contributed by atoms with E-state index >= 15 is 0 Å². The van der Waals surface area contributed by atoms with Crippen LogP contribution in [0.15, 0.2) is 196 Å². The highest BCUT2D eigenvalue weighted by atomic mass is 16.3. The van der Waals surface area contributed by atoms with E-state index in [9.17, 15) is 0 Å². The van der Waals surface area contributed by atoms with Gasteiger partial charge in [-0.15, -0.1) is 0 Å². The van der Waals surface area contributed by atoms with Crippen LogP contribution in [0.25, 0.3) is 56.1 Å². The molecule has 8 aromatic rings. The first-order valence-corrected chi connectivity index (χ1v) is 30.0. The number of benzene rings is 6. The zero-order valence-corrected chi connectivity index (χ0v) is 50.1. The van der Waals surface area contributed by atoms with E-state index in [1.807, 2.05) is 0 Å². The fourth-order valence-electron chi connectivity index (χ4n) is 14.5. The van der Waals surface area contributed by atoms with Crippen molar-refractivity contribution < 1.29 is 4.42 Å². The molecule has 14 rings (SSSR count). The van der Waals surface area contributed by atoms with Gasteiger partial charge in [0.25, 0.3) is 6.71 Å². The number of aromatic nitrogens is 1. The van der Waals surface area contributed by atoms with Crippen LogP contribution >= 0.6 is 0 Å². The second kappa shape index (κ2) is 18.0. The van der Waals surface area contributed by atoms with Crippen LogP contribution in [0.2, 0.25) is 0 Å². The maximum absolute atomic E-state index is 6.66. The van der Waals surface area contributed by atoms with Gasteiger partial charge >= 0.3 is 0 Å². The summed E-state index contributed by atoms with van der Waals surface area (Å²) >= 11 is 0. The predicted octanol–water partition coefficient (Wildman–Crippen LogP) is 18.1. The molecule has 0 saturated carbocycles. The quantitative estimate of drug-likeness (QED) is 0.164. The van der Waals surface area contributed by atoms with Gasteiger partial charge in [-0.1, -0.05) is 211 Å². The standard InChI is InChI=1S/C76H78BN3O/c1-72(2,3)48-28-34-53(35-29-48)79-65-39-38-64-58(57-42-49(73(4,5)6)30-36-63(57)78(64)51-20-15-14-16-21-51)44-61(65)77-62-45-59-60(76(12,13)41-40-75(59,10)11)46-67(62)80(68-43-50(74(7,8)9)31-37-66(79)70(68)77)52-32-26-47(27-33-52)54-23-19-24-56-55-22-17-18-25-69(55)81-71(54)56/h14-20,22-30,32-38,42-46,51H,21,31,39-41H2,1-13H3. The monoisotopic (exact) mass is 1060 g/mol. The molecule has 2 aliphatic heterocycles. The Kier molecular flexibility index (Phi) is 11.5. The molecular formula is C76H78BN3O. The van der Waals surface area contributed by atoms with Crippen LogP contribution in [-0.2, 0) is 21.7 Å². The molecule has 0 fully saturated rings. The molecule has 0 amide bonds. The average molecular weight is 1060 g/mol. The lowest BCUT2D eigenvalue weighted by Gasteiger charge is -2.48. The minimum Gasteiger partial charge on any atom is -0.455 e. The summed E-state index contributed by atoms with van der Waals surface area (Å²) in [7, 11) is 0. The van der Waals surface area contributed by atoms with E-state index in [1.54, 1.807) is 0 Å². The molecule has 0 N–H and O–H groups in total. The van der Waals surface area contributed by atoms with E-state index in [2.05, 4.69) is 274 Å². The Balaban J connectivity index is 1.09. The van der Waals surface area contributed by atoms with Gasteiger partial charge in [0.05, 0.1) is 6.04 Å². The van der Waals surface area contributed by atoms with E-state index in [4.69, 9.17) is 4.42 Å². The fourth-order valence-corrected chi connectivity index (χ4v) is 14.5. The molecule has 6 aromatic carbocycles. The second-order valence-corrected chi connectivity index (χ2v) is 28.7.